The van der Waals surface area contributed by atoms with E-state index in [4.69, 9.17) is 0 Å². The van der Waals surface area contributed by atoms with Crippen molar-refractivity contribution >= 4 is 41.3 Å². The highest BCUT2D eigenvalue weighted by Crippen LogP contribution is 2.09. The summed E-state index contributed by atoms with van der Waals surface area (Å²) in [6.45, 7) is 1.73. The number of halogens is 1. The largest absolute Gasteiger partial charge is 0.356 e. The van der Waals surface area contributed by atoms with Crippen LogP contribution in [0.3, 0.4) is 0 Å². The van der Waals surface area contributed by atoms with Gasteiger partial charge in [0.15, 0.2) is 5.96 Å². The van der Waals surface area contributed by atoms with Crippen LogP contribution in [-0.4, -0.2) is 35.9 Å². The molecule has 3 rings (SSSR count). The van der Waals surface area contributed by atoms with Gasteiger partial charge < -0.3 is 10.6 Å². The molecule has 0 unspecified atom stereocenters. The average Bonchev–Trinajstić information content (AvgIpc) is 3.35. The fourth-order valence-electron chi connectivity index (χ4n) is 2.54. The summed E-state index contributed by atoms with van der Waals surface area (Å²) in [6, 6.07) is 14.7. The van der Waals surface area contributed by atoms with Gasteiger partial charge in [-0.25, -0.2) is 4.68 Å². The fraction of sp³-hybridized carbons (Fsp3) is 0.263. The third-order valence-electron chi connectivity index (χ3n) is 3.88. The Bertz CT molecular complexity index is 767. The van der Waals surface area contributed by atoms with E-state index < -0.39 is 0 Å². The fourth-order valence-corrected chi connectivity index (χ4v) is 3.25. The molecule has 0 saturated heterocycles. The molecule has 5 nitrogen and oxygen atoms in total. The smallest absolute Gasteiger partial charge is 0.190 e. The monoisotopic (exact) mass is 481 g/mol. The molecular formula is C19H24IN5S. The number of benzene rings is 1. The SMILES string of the molecule is CN=C(NCCc1ccc(-n2cccn2)cc1)NCCc1cccs1.I. The summed E-state index contributed by atoms with van der Waals surface area (Å²) in [7, 11) is 1.80. The van der Waals surface area contributed by atoms with Gasteiger partial charge in [-0.15, -0.1) is 35.3 Å². The van der Waals surface area contributed by atoms with Gasteiger partial charge in [0.05, 0.1) is 5.69 Å². The van der Waals surface area contributed by atoms with Gasteiger partial charge in [-0.05, 0) is 48.1 Å². The van der Waals surface area contributed by atoms with Crippen LogP contribution in [0, 0.1) is 0 Å². The highest BCUT2D eigenvalue weighted by Gasteiger charge is 2.00. The quantitative estimate of drug-likeness (QED) is 0.309. The second-order valence-electron chi connectivity index (χ2n) is 5.62. The Kier molecular flexibility index (Phi) is 8.63. The third kappa shape index (κ3) is 6.14. The molecule has 0 fully saturated rings. The minimum absolute atomic E-state index is 0. The highest BCUT2D eigenvalue weighted by atomic mass is 127. The number of hydrogen-bond acceptors (Lipinski definition) is 3. The zero-order chi connectivity index (χ0) is 17.3. The van der Waals surface area contributed by atoms with E-state index in [1.165, 1.54) is 10.4 Å². The number of aromatic nitrogens is 2. The maximum atomic E-state index is 4.27. The van der Waals surface area contributed by atoms with Crippen LogP contribution in [0.1, 0.15) is 10.4 Å². The number of thiophene rings is 1. The second kappa shape index (κ2) is 11.0. The van der Waals surface area contributed by atoms with Crippen molar-refractivity contribution in [1.29, 1.82) is 0 Å². The molecule has 26 heavy (non-hydrogen) atoms. The second-order valence-corrected chi connectivity index (χ2v) is 6.65. The van der Waals surface area contributed by atoms with Gasteiger partial charge in [0.25, 0.3) is 0 Å². The van der Waals surface area contributed by atoms with Crippen LogP contribution in [-0.2, 0) is 12.8 Å². The molecule has 0 saturated carbocycles. The minimum Gasteiger partial charge on any atom is -0.356 e. The molecule has 0 aliphatic rings. The summed E-state index contributed by atoms with van der Waals surface area (Å²) in [4.78, 5) is 5.66. The molecule has 0 radical (unpaired) electrons. The standard InChI is InChI=1S/C19H23N5S.HI/c1-20-19(22-13-10-18-4-2-15-25-18)21-12-9-16-5-7-17(8-6-16)24-14-3-11-23-24;/h2-8,11,14-15H,9-10,12-13H2,1H3,(H2,20,21,22);1H. The Labute approximate surface area is 175 Å². The molecule has 0 aliphatic heterocycles. The van der Waals surface area contributed by atoms with Gasteiger partial charge >= 0.3 is 0 Å². The number of guanidine groups is 1. The number of nitrogens with zero attached hydrogens (tertiary/aromatic N) is 3. The van der Waals surface area contributed by atoms with Gasteiger partial charge in [0, 0.05) is 37.4 Å². The molecule has 0 atom stereocenters. The number of hydrogen-bond donors (Lipinski definition) is 2. The minimum atomic E-state index is 0. The molecule has 2 N–H and O–H groups in total. The highest BCUT2D eigenvalue weighted by molar-refractivity contribution is 14.0. The summed E-state index contributed by atoms with van der Waals surface area (Å²) >= 11 is 1.79. The van der Waals surface area contributed by atoms with Crippen LogP contribution in [0.2, 0.25) is 0 Å². The number of nitrogens with one attached hydrogen (secondary N) is 2. The van der Waals surface area contributed by atoms with Gasteiger partial charge in [0.2, 0.25) is 0 Å². The first-order chi connectivity index (χ1) is 12.3. The van der Waals surface area contributed by atoms with E-state index in [9.17, 15) is 0 Å². The molecule has 0 spiro atoms. The maximum Gasteiger partial charge on any atom is 0.190 e. The van der Waals surface area contributed by atoms with Crippen molar-refractivity contribution in [3.8, 4) is 5.69 Å². The van der Waals surface area contributed by atoms with Crippen LogP contribution in [0.25, 0.3) is 5.69 Å². The van der Waals surface area contributed by atoms with Crippen molar-refractivity contribution < 1.29 is 0 Å². The van der Waals surface area contributed by atoms with Crippen LogP contribution >= 0.6 is 35.3 Å². The van der Waals surface area contributed by atoms with E-state index in [0.29, 0.717) is 0 Å². The summed E-state index contributed by atoms with van der Waals surface area (Å²) in [6.07, 6.45) is 5.70. The Hall–Kier alpha value is -1.87. The first-order valence-electron chi connectivity index (χ1n) is 8.41. The van der Waals surface area contributed by atoms with Gasteiger partial charge in [-0.1, -0.05) is 18.2 Å². The van der Waals surface area contributed by atoms with Crippen LogP contribution in [0.5, 0.6) is 0 Å². The first kappa shape index (κ1) is 20.4. The van der Waals surface area contributed by atoms with E-state index in [0.717, 1.165) is 37.6 Å². The summed E-state index contributed by atoms with van der Waals surface area (Å²) in [5.74, 6) is 0.852. The number of aliphatic imine (C=N–C) groups is 1. The Balaban J connectivity index is 0.00000243. The molecule has 2 heterocycles. The van der Waals surface area contributed by atoms with Crippen LogP contribution < -0.4 is 10.6 Å². The third-order valence-corrected chi connectivity index (χ3v) is 4.82. The Morgan fingerprint density at radius 2 is 1.85 bits per heavy atom. The van der Waals surface area contributed by atoms with Crippen molar-refractivity contribution in [2.24, 2.45) is 4.99 Å². The average molecular weight is 481 g/mol. The zero-order valence-corrected chi connectivity index (χ0v) is 17.9. The Morgan fingerprint density at radius 1 is 1.08 bits per heavy atom. The van der Waals surface area contributed by atoms with Crippen molar-refractivity contribution in [3.05, 3.63) is 70.7 Å². The molecule has 1 aromatic carbocycles. The summed E-state index contributed by atoms with van der Waals surface area (Å²) in [5, 5.41) is 13.1. The lowest BCUT2D eigenvalue weighted by molar-refractivity contribution is 0.787. The molecule has 0 amide bonds. The molecule has 0 aliphatic carbocycles. The molecule has 7 heteroatoms. The lowest BCUT2D eigenvalue weighted by atomic mass is 10.1. The van der Waals surface area contributed by atoms with E-state index in [1.807, 2.05) is 16.9 Å². The number of rotatable bonds is 7. The van der Waals surface area contributed by atoms with E-state index in [1.54, 1.807) is 24.6 Å². The van der Waals surface area contributed by atoms with E-state index >= 15 is 0 Å². The lowest BCUT2D eigenvalue weighted by Crippen LogP contribution is -2.39. The predicted molar refractivity (Wildman–Crippen MR) is 120 cm³/mol. The maximum absolute atomic E-state index is 4.27. The van der Waals surface area contributed by atoms with Crippen molar-refractivity contribution in [1.82, 2.24) is 20.4 Å². The normalized spacial score (nSPS) is 11.0. The molecule has 138 valence electrons. The van der Waals surface area contributed by atoms with Crippen molar-refractivity contribution in [2.45, 2.75) is 12.8 Å². The summed E-state index contributed by atoms with van der Waals surface area (Å²) in [5.41, 5.74) is 2.37. The first-order valence-corrected chi connectivity index (χ1v) is 9.29. The predicted octanol–water partition coefficient (Wildman–Crippen LogP) is 3.50. The van der Waals surface area contributed by atoms with Gasteiger partial charge in [0.1, 0.15) is 0 Å². The van der Waals surface area contributed by atoms with Crippen LogP contribution in [0.15, 0.2) is 65.2 Å². The van der Waals surface area contributed by atoms with Crippen molar-refractivity contribution in [2.75, 3.05) is 20.1 Å². The zero-order valence-electron chi connectivity index (χ0n) is 14.8. The van der Waals surface area contributed by atoms with Crippen molar-refractivity contribution in [3.63, 3.8) is 0 Å². The Morgan fingerprint density at radius 3 is 2.46 bits per heavy atom. The molecular weight excluding hydrogens is 457 g/mol. The van der Waals surface area contributed by atoms with E-state index in [-0.39, 0.29) is 24.0 Å². The summed E-state index contributed by atoms with van der Waals surface area (Å²) < 4.78 is 1.86. The lowest BCUT2D eigenvalue weighted by Gasteiger charge is -2.11. The molecule has 2 aromatic heterocycles. The topological polar surface area (TPSA) is 54.2 Å². The van der Waals surface area contributed by atoms with Gasteiger partial charge in [-0.3, -0.25) is 4.99 Å². The molecule has 3 aromatic rings. The van der Waals surface area contributed by atoms with Crippen LogP contribution in [0.4, 0.5) is 0 Å². The van der Waals surface area contributed by atoms with Gasteiger partial charge in [-0.2, -0.15) is 5.10 Å². The van der Waals surface area contributed by atoms with E-state index in [2.05, 4.69) is 62.5 Å². The molecule has 0 bridgehead atoms.